The van der Waals surface area contributed by atoms with Crippen LogP contribution < -0.4 is 0 Å². The monoisotopic (exact) mass is 392 g/mol. The molecule has 0 amide bonds. The molecule has 1 aromatic heterocycles. The van der Waals surface area contributed by atoms with Crippen LogP contribution in [-0.4, -0.2) is 20.0 Å². The smallest absolute Gasteiger partial charge is 0.128 e. The molecule has 3 aromatic rings. The summed E-state index contributed by atoms with van der Waals surface area (Å²) < 4.78 is 15.9. The van der Waals surface area contributed by atoms with Crippen LogP contribution in [-0.2, 0) is 17.4 Å². The van der Waals surface area contributed by atoms with Crippen molar-refractivity contribution < 1.29 is 4.21 Å². The molecule has 1 aliphatic carbocycles. The number of aromatic nitrogens is 1. The van der Waals surface area contributed by atoms with Crippen molar-refractivity contribution in [1.82, 2.24) is 9.29 Å². The molecule has 1 saturated carbocycles. The molecule has 0 bridgehead atoms. The molecule has 0 spiro atoms. The number of benzene rings is 2. The Morgan fingerprint density at radius 3 is 2.54 bits per heavy atom. The fraction of sp³-hybridized carbons (Fsp3) is 0.417. The van der Waals surface area contributed by atoms with Gasteiger partial charge < -0.3 is 4.98 Å². The van der Waals surface area contributed by atoms with Gasteiger partial charge in [0.1, 0.15) is 11.0 Å². The molecule has 3 nitrogen and oxygen atoms in total. The normalized spacial score (nSPS) is 22.2. The van der Waals surface area contributed by atoms with Crippen LogP contribution in [0.3, 0.4) is 0 Å². The minimum absolute atomic E-state index is 0.221. The van der Waals surface area contributed by atoms with Gasteiger partial charge in [0.25, 0.3) is 0 Å². The Morgan fingerprint density at radius 1 is 1.00 bits per heavy atom. The van der Waals surface area contributed by atoms with Crippen LogP contribution >= 0.6 is 0 Å². The number of hydrogen-bond donors (Lipinski definition) is 1. The molecule has 1 aliphatic heterocycles. The maximum absolute atomic E-state index is 13.6. The summed E-state index contributed by atoms with van der Waals surface area (Å²) in [7, 11) is -1.13. The second-order valence-electron chi connectivity index (χ2n) is 8.36. The molecule has 0 unspecified atom stereocenters. The summed E-state index contributed by atoms with van der Waals surface area (Å²) in [6.45, 7) is 2.94. The molecule has 0 radical (unpaired) electrons. The molecule has 4 heteroatoms. The average Bonchev–Trinajstić information content (AvgIpc) is 3.12. The molecule has 0 saturated heterocycles. The Bertz CT molecular complexity index is 1000. The van der Waals surface area contributed by atoms with Crippen LogP contribution in [0.25, 0.3) is 10.9 Å². The van der Waals surface area contributed by atoms with Gasteiger partial charge in [-0.15, -0.1) is 0 Å². The van der Waals surface area contributed by atoms with E-state index in [4.69, 9.17) is 0 Å². The van der Waals surface area contributed by atoms with Crippen LogP contribution in [0, 0.1) is 12.8 Å². The predicted octanol–water partition coefficient (Wildman–Crippen LogP) is 5.68. The van der Waals surface area contributed by atoms with E-state index in [-0.39, 0.29) is 6.04 Å². The molecular formula is C24H28N2OS. The summed E-state index contributed by atoms with van der Waals surface area (Å²) in [5.74, 6) is 0.579. The lowest BCUT2D eigenvalue weighted by molar-refractivity contribution is 0.186. The molecule has 2 aromatic carbocycles. The predicted molar refractivity (Wildman–Crippen MR) is 116 cm³/mol. The van der Waals surface area contributed by atoms with E-state index < -0.39 is 11.0 Å². The fourth-order valence-corrected chi connectivity index (χ4v) is 6.53. The van der Waals surface area contributed by atoms with Crippen molar-refractivity contribution in [3.63, 3.8) is 0 Å². The van der Waals surface area contributed by atoms with Crippen molar-refractivity contribution in [2.24, 2.45) is 5.92 Å². The maximum Gasteiger partial charge on any atom is 0.128 e. The average molecular weight is 393 g/mol. The molecular weight excluding hydrogens is 364 g/mol. The first-order valence-corrected chi connectivity index (χ1v) is 11.7. The number of aromatic amines is 1. The molecule has 2 heterocycles. The molecule has 2 aliphatic rings. The molecule has 1 fully saturated rings. The summed E-state index contributed by atoms with van der Waals surface area (Å²) in [4.78, 5) is 4.65. The first-order chi connectivity index (χ1) is 13.7. The minimum Gasteiger partial charge on any atom is -0.357 e. The Morgan fingerprint density at radius 2 is 1.75 bits per heavy atom. The zero-order valence-corrected chi connectivity index (χ0v) is 17.3. The number of rotatable bonds is 3. The number of fused-ring (bicyclic) bond motifs is 3. The third-order valence-corrected chi connectivity index (χ3v) is 8.08. The van der Waals surface area contributed by atoms with Gasteiger partial charge >= 0.3 is 0 Å². The topological polar surface area (TPSA) is 36.1 Å². The standard InChI is InChI=1S/C24H28N2OS/c1-17-11-13-19(14-12-17)28(27)26-16-15-21-20-9-5-6-10-22(20)25-23(21)24(26)18-7-3-2-4-8-18/h5-6,9-14,18,24-25H,2-4,7-8,15-16H2,1H3/t24-,28+/m0/s1. The van der Waals surface area contributed by atoms with E-state index in [2.05, 4.69) is 52.6 Å². The summed E-state index contributed by atoms with van der Waals surface area (Å²) in [6.07, 6.45) is 7.36. The highest BCUT2D eigenvalue weighted by Gasteiger charge is 2.39. The largest absolute Gasteiger partial charge is 0.357 e. The van der Waals surface area contributed by atoms with Gasteiger partial charge in [-0.2, -0.15) is 0 Å². The molecule has 146 valence electrons. The summed E-state index contributed by atoms with van der Waals surface area (Å²) in [6, 6.07) is 17.1. The summed E-state index contributed by atoms with van der Waals surface area (Å²) in [5.41, 5.74) is 5.19. The van der Waals surface area contributed by atoms with Crippen molar-refractivity contribution in [2.75, 3.05) is 6.54 Å². The molecule has 5 rings (SSSR count). The van der Waals surface area contributed by atoms with Crippen molar-refractivity contribution >= 4 is 21.9 Å². The zero-order valence-electron chi connectivity index (χ0n) is 16.5. The van der Waals surface area contributed by atoms with Crippen molar-refractivity contribution in [3.8, 4) is 0 Å². The lowest BCUT2D eigenvalue weighted by Crippen LogP contribution is -2.41. The van der Waals surface area contributed by atoms with Gasteiger partial charge in [0.05, 0.1) is 10.9 Å². The van der Waals surface area contributed by atoms with Crippen LogP contribution in [0.5, 0.6) is 0 Å². The SMILES string of the molecule is Cc1ccc([S@@](=O)N2CCc3c([nH]c4ccccc34)[C@@H]2C2CCCCC2)cc1. The number of H-pyrrole nitrogens is 1. The van der Waals surface area contributed by atoms with E-state index in [1.165, 1.54) is 59.8 Å². The minimum atomic E-state index is -1.13. The Kier molecular flexibility index (Phi) is 4.85. The van der Waals surface area contributed by atoms with E-state index in [9.17, 15) is 4.21 Å². The molecule has 28 heavy (non-hydrogen) atoms. The third kappa shape index (κ3) is 3.13. The van der Waals surface area contributed by atoms with Crippen LogP contribution in [0.1, 0.15) is 55.0 Å². The maximum atomic E-state index is 13.6. The van der Waals surface area contributed by atoms with E-state index in [0.29, 0.717) is 5.92 Å². The van der Waals surface area contributed by atoms with E-state index >= 15 is 0 Å². The summed E-state index contributed by atoms with van der Waals surface area (Å²) in [5, 5.41) is 1.35. The van der Waals surface area contributed by atoms with Crippen molar-refractivity contribution in [3.05, 3.63) is 65.4 Å². The summed E-state index contributed by atoms with van der Waals surface area (Å²) >= 11 is 0. The van der Waals surface area contributed by atoms with Gasteiger partial charge in [-0.05, 0) is 55.9 Å². The van der Waals surface area contributed by atoms with Crippen molar-refractivity contribution in [1.29, 1.82) is 0 Å². The van der Waals surface area contributed by atoms with Gasteiger partial charge in [0.15, 0.2) is 0 Å². The zero-order chi connectivity index (χ0) is 19.1. The Balaban J connectivity index is 1.58. The molecule has 2 atom stereocenters. The van der Waals surface area contributed by atoms with Crippen LogP contribution in [0.4, 0.5) is 0 Å². The second-order valence-corrected chi connectivity index (χ2v) is 9.80. The third-order valence-electron chi connectivity index (χ3n) is 6.57. The number of nitrogens with one attached hydrogen (secondary N) is 1. The number of aryl methyl sites for hydroxylation is 1. The van der Waals surface area contributed by atoms with E-state index in [0.717, 1.165) is 17.9 Å². The lowest BCUT2D eigenvalue weighted by Gasteiger charge is -2.40. The Hall–Kier alpha value is -1.91. The van der Waals surface area contributed by atoms with E-state index in [1.807, 2.05) is 12.1 Å². The second kappa shape index (κ2) is 7.49. The van der Waals surface area contributed by atoms with Gasteiger partial charge in [0, 0.05) is 23.1 Å². The van der Waals surface area contributed by atoms with Crippen LogP contribution in [0.15, 0.2) is 53.4 Å². The highest BCUT2D eigenvalue weighted by atomic mass is 32.2. The van der Waals surface area contributed by atoms with Crippen LogP contribution in [0.2, 0.25) is 0 Å². The number of para-hydroxylation sites is 1. The number of hydrogen-bond acceptors (Lipinski definition) is 1. The molecule has 1 N–H and O–H groups in total. The lowest BCUT2D eigenvalue weighted by atomic mass is 9.80. The van der Waals surface area contributed by atoms with Gasteiger partial charge in [-0.3, -0.25) is 0 Å². The van der Waals surface area contributed by atoms with Crippen molar-refractivity contribution in [2.45, 2.75) is 56.4 Å². The van der Waals surface area contributed by atoms with E-state index in [1.54, 1.807) is 0 Å². The first-order valence-electron chi connectivity index (χ1n) is 10.6. The highest BCUT2D eigenvalue weighted by Crippen LogP contribution is 2.44. The Labute approximate surface area is 169 Å². The van der Waals surface area contributed by atoms with Gasteiger partial charge in [-0.1, -0.05) is 55.2 Å². The highest BCUT2D eigenvalue weighted by molar-refractivity contribution is 7.82. The quantitative estimate of drug-likeness (QED) is 0.612. The van der Waals surface area contributed by atoms with Gasteiger partial charge in [-0.25, -0.2) is 8.51 Å². The van der Waals surface area contributed by atoms with Gasteiger partial charge in [0.2, 0.25) is 0 Å². The number of nitrogens with zero attached hydrogens (tertiary/aromatic N) is 1. The first kappa shape index (κ1) is 18.1. The fourth-order valence-electron chi connectivity index (χ4n) is 5.14.